The second kappa shape index (κ2) is 3.86. The number of hydrogen-bond donors (Lipinski definition) is 1. The van der Waals surface area contributed by atoms with Gasteiger partial charge in [-0.2, -0.15) is 5.10 Å². The van der Waals surface area contributed by atoms with Gasteiger partial charge in [0.1, 0.15) is 5.52 Å². The molecule has 0 aromatic carbocycles. The van der Waals surface area contributed by atoms with E-state index in [1.807, 2.05) is 18.0 Å². The van der Waals surface area contributed by atoms with Crippen LogP contribution in [0.25, 0.3) is 5.52 Å². The van der Waals surface area contributed by atoms with E-state index >= 15 is 0 Å². The number of aliphatic hydroxyl groups is 1. The van der Waals surface area contributed by atoms with Crippen LogP contribution in [0, 0.1) is 0 Å². The van der Waals surface area contributed by atoms with Gasteiger partial charge in [-0.1, -0.05) is 0 Å². The van der Waals surface area contributed by atoms with Crippen LogP contribution in [0.1, 0.15) is 6.92 Å². The molecule has 0 saturated heterocycles. The van der Waals surface area contributed by atoms with Gasteiger partial charge < -0.3 is 10.0 Å². The lowest BCUT2D eigenvalue weighted by Crippen LogP contribution is -2.28. The third kappa shape index (κ3) is 1.92. The fourth-order valence-corrected chi connectivity index (χ4v) is 1.62. The summed E-state index contributed by atoms with van der Waals surface area (Å²) in [4.78, 5) is 6.20. The van der Waals surface area contributed by atoms with Crippen LogP contribution >= 0.6 is 0 Å². The number of nitrogens with zero attached hydrogens (tertiary/aromatic N) is 4. The van der Waals surface area contributed by atoms with Crippen molar-refractivity contribution in [2.45, 2.75) is 13.0 Å². The third-order valence-electron chi connectivity index (χ3n) is 2.20. The Labute approximate surface area is 88.0 Å². The van der Waals surface area contributed by atoms with Gasteiger partial charge >= 0.3 is 0 Å². The fraction of sp³-hybridized carbons (Fsp3) is 0.400. The van der Waals surface area contributed by atoms with Gasteiger partial charge in [-0.15, -0.1) is 0 Å². The van der Waals surface area contributed by atoms with Crippen molar-refractivity contribution < 1.29 is 5.11 Å². The van der Waals surface area contributed by atoms with E-state index in [1.165, 1.54) is 0 Å². The molecule has 5 heteroatoms. The van der Waals surface area contributed by atoms with E-state index in [2.05, 4.69) is 10.1 Å². The maximum absolute atomic E-state index is 9.31. The molecule has 2 rings (SSSR count). The van der Waals surface area contributed by atoms with Gasteiger partial charge in [0, 0.05) is 26.0 Å². The highest BCUT2D eigenvalue weighted by Gasteiger charge is 2.09. The average molecular weight is 206 g/mol. The molecule has 5 nitrogen and oxygen atoms in total. The molecule has 15 heavy (non-hydrogen) atoms. The van der Waals surface area contributed by atoms with Crippen LogP contribution in [-0.2, 0) is 0 Å². The van der Waals surface area contributed by atoms with Gasteiger partial charge in [0.05, 0.1) is 12.3 Å². The first-order chi connectivity index (χ1) is 7.18. The van der Waals surface area contributed by atoms with E-state index in [4.69, 9.17) is 0 Å². The van der Waals surface area contributed by atoms with Crippen LogP contribution in [0.15, 0.2) is 24.7 Å². The first-order valence-corrected chi connectivity index (χ1v) is 4.86. The molecule has 1 atom stereocenters. The highest BCUT2D eigenvalue weighted by molar-refractivity contribution is 5.67. The second-order valence-corrected chi connectivity index (χ2v) is 3.64. The van der Waals surface area contributed by atoms with Gasteiger partial charge in [-0.3, -0.25) is 0 Å². The Morgan fingerprint density at radius 1 is 1.53 bits per heavy atom. The second-order valence-electron chi connectivity index (χ2n) is 3.64. The predicted octanol–water partition coefficient (Wildman–Crippen LogP) is 0.546. The van der Waals surface area contributed by atoms with E-state index in [-0.39, 0.29) is 6.10 Å². The van der Waals surface area contributed by atoms with Crippen LogP contribution in [0.4, 0.5) is 5.82 Å². The lowest BCUT2D eigenvalue weighted by Gasteiger charge is -2.20. The van der Waals surface area contributed by atoms with Gasteiger partial charge in [-0.25, -0.2) is 9.50 Å². The van der Waals surface area contributed by atoms with E-state index in [1.54, 1.807) is 30.0 Å². The molecule has 0 aliphatic rings. The Bertz CT molecular complexity index is 451. The first kappa shape index (κ1) is 9.92. The quantitative estimate of drug-likeness (QED) is 0.796. The van der Waals surface area contributed by atoms with Crippen LogP contribution in [0.3, 0.4) is 0 Å². The Morgan fingerprint density at radius 2 is 2.33 bits per heavy atom. The van der Waals surface area contributed by atoms with Gasteiger partial charge in [0.15, 0.2) is 5.82 Å². The molecular formula is C10H14N4O. The minimum atomic E-state index is -0.375. The molecule has 0 bridgehead atoms. The normalized spacial score (nSPS) is 13.0. The zero-order valence-corrected chi connectivity index (χ0v) is 8.83. The summed E-state index contributed by atoms with van der Waals surface area (Å²) < 4.78 is 1.76. The zero-order valence-electron chi connectivity index (χ0n) is 8.83. The third-order valence-corrected chi connectivity index (χ3v) is 2.20. The summed E-state index contributed by atoms with van der Waals surface area (Å²) in [7, 11) is 1.90. The number of likely N-dealkylation sites (N-methyl/N-ethyl adjacent to an activating group) is 1. The fourth-order valence-electron chi connectivity index (χ4n) is 1.62. The average Bonchev–Trinajstić information content (AvgIpc) is 2.63. The molecule has 2 heterocycles. The molecule has 2 aromatic rings. The summed E-state index contributed by atoms with van der Waals surface area (Å²) in [5, 5.41) is 13.4. The molecule has 0 saturated carbocycles. The number of anilines is 1. The van der Waals surface area contributed by atoms with Crippen molar-refractivity contribution in [2.75, 3.05) is 18.5 Å². The minimum Gasteiger partial charge on any atom is -0.392 e. The van der Waals surface area contributed by atoms with E-state index < -0.39 is 0 Å². The number of fused-ring (bicyclic) bond motifs is 1. The topological polar surface area (TPSA) is 53.7 Å². The molecule has 80 valence electrons. The summed E-state index contributed by atoms with van der Waals surface area (Å²) in [5.74, 6) is 0.830. The van der Waals surface area contributed by atoms with E-state index in [0.717, 1.165) is 11.3 Å². The SMILES string of the molecule is CC(O)CN(C)c1nccn2nccc12. The Hall–Kier alpha value is -1.62. The molecule has 0 aliphatic carbocycles. The number of hydrogen-bond acceptors (Lipinski definition) is 4. The highest BCUT2D eigenvalue weighted by atomic mass is 16.3. The molecule has 1 N–H and O–H groups in total. The van der Waals surface area contributed by atoms with Crippen molar-refractivity contribution in [1.82, 2.24) is 14.6 Å². The Kier molecular flexibility index (Phi) is 2.55. The molecule has 0 amide bonds. The van der Waals surface area contributed by atoms with Gasteiger partial charge in [-0.05, 0) is 13.0 Å². The zero-order chi connectivity index (χ0) is 10.8. The summed E-state index contributed by atoms with van der Waals surface area (Å²) in [6.45, 7) is 2.31. The van der Waals surface area contributed by atoms with Crippen molar-refractivity contribution in [3.05, 3.63) is 24.7 Å². The predicted molar refractivity (Wildman–Crippen MR) is 57.9 cm³/mol. The molecule has 2 aromatic heterocycles. The van der Waals surface area contributed by atoms with E-state index in [0.29, 0.717) is 6.54 Å². The van der Waals surface area contributed by atoms with E-state index in [9.17, 15) is 5.11 Å². The van der Waals surface area contributed by atoms with Crippen molar-refractivity contribution >= 4 is 11.3 Å². The number of aliphatic hydroxyl groups excluding tert-OH is 1. The maximum atomic E-state index is 9.31. The lowest BCUT2D eigenvalue weighted by atomic mass is 10.3. The Balaban J connectivity index is 2.38. The molecule has 0 radical (unpaired) electrons. The first-order valence-electron chi connectivity index (χ1n) is 4.86. The maximum Gasteiger partial charge on any atom is 0.154 e. The molecule has 0 fully saturated rings. The number of aromatic nitrogens is 3. The highest BCUT2D eigenvalue weighted by Crippen LogP contribution is 2.16. The van der Waals surface area contributed by atoms with Gasteiger partial charge in [0.25, 0.3) is 0 Å². The van der Waals surface area contributed by atoms with Crippen LogP contribution in [-0.4, -0.2) is 39.4 Å². The molecule has 0 spiro atoms. The van der Waals surface area contributed by atoms with Crippen molar-refractivity contribution in [3.63, 3.8) is 0 Å². The van der Waals surface area contributed by atoms with Crippen LogP contribution in [0.5, 0.6) is 0 Å². The minimum absolute atomic E-state index is 0.375. The molecular weight excluding hydrogens is 192 g/mol. The van der Waals surface area contributed by atoms with Crippen LogP contribution in [0.2, 0.25) is 0 Å². The summed E-state index contributed by atoms with van der Waals surface area (Å²) in [6, 6.07) is 1.90. The van der Waals surface area contributed by atoms with Crippen molar-refractivity contribution in [3.8, 4) is 0 Å². The monoisotopic (exact) mass is 206 g/mol. The van der Waals surface area contributed by atoms with Crippen LogP contribution < -0.4 is 4.90 Å². The smallest absolute Gasteiger partial charge is 0.154 e. The summed E-state index contributed by atoms with van der Waals surface area (Å²) >= 11 is 0. The summed E-state index contributed by atoms with van der Waals surface area (Å²) in [6.07, 6.45) is 4.86. The standard InChI is InChI=1S/C10H14N4O/c1-8(15)7-13(2)10-9-3-4-12-14(9)6-5-11-10/h3-6,8,15H,7H2,1-2H3. The lowest BCUT2D eigenvalue weighted by molar-refractivity contribution is 0.201. The molecule has 1 unspecified atom stereocenters. The largest absolute Gasteiger partial charge is 0.392 e. The summed E-state index contributed by atoms with van der Waals surface area (Å²) in [5.41, 5.74) is 0.945. The molecule has 0 aliphatic heterocycles. The van der Waals surface area contributed by atoms with Gasteiger partial charge in [0.2, 0.25) is 0 Å². The van der Waals surface area contributed by atoms with Crippen molar-refractivity contribution in [2.24, 2.45) is 0 Å². The number of rotatable bonds is 3. The Morgan fingerprint density at radius 3 is 3.07 bits per heavy atom. The van der Waals surface area contributed by atoms with Crippen molar-refractivity contribution in [1.29, 1.82) is 0 Å².